The lowest BCUT2D eigenvalue weighted by Crippen LogP contribution is -2.41. The van der Waals surface area contributed by atoms with Gasteiger partial charge in [0.05, 0.1) is 12.6 Å². The van der Waals surface area contributed by atoms with Crippen molar-refractivity contribution >= 4 is 5.91 Å². The Morgan fingerprint density at radius 2 is 1.96 bits per heavy atom. The second-order valence-electron chi connectivity index (χ2n) is 7.69. The highest BCUT2D eigenvalue weighted by Crippen LogP contribution is 2.23. The van der Waals surface area contributed by atoms with Crippen molar-refractivity contribution in [2.24, 2.45) is 0 Å². The maximum Gasteiger partial charge on any atom is 0.349 e. The molecule has 0 bridgehead atoms. The molecule has 1 aliphatic rings. The van der Waals surface area contributed by atoms with Crippen molar-refractivity contribution in [3.05, 3.63) is 69.3 Å². The number of carbonyl (C=O) groups excluding carboxylic acids is 1. The van der Waals surface area contributed by atoms with Gasteiger partial charge < -0.3 is 19.3 Å². The van der Waals surface area contributed by atoms with Crippen molar-refractivity contribution in [1.29, 1.82) is 0 Å². The minimum Gasteiger partial charge on any atom is -0.427 e. The lowest BCUT2D eigenvalue weighted by Gasteiger charge is -2.23. The standard InChI is InChI=1S/C22H28N2O4/c1-15-11-19(10-9-16-7-5-4-6-8-16)28-22(27)20(15)21(26)24-13-17(23(2)3)12-18(24)14-25/h4-8,11,17-18,25H,9-10,12-14H2,1-3H3/t17-,18+/m1/s1. The minimum atomic E-state index is -0.599. The number of aliphatic hydroxyl groups excluding tert-OH is 1. The number of aliphatic hydroxyl groups is 1. The van der Waals surface area contributed by atoms with Crippen LogP contribution in [0.3, 0.4) is 0 Å². The zero-order valence-electron chi connectivity index (χ0n) is 16.7. The highest BCUT2D eigenvalue weighted by molar-refractivity contribution is 5.95. The van der Waals surface area contributed by atoms with Crippen molar-refractivity contribution in [2.75, 3.05) is 27.2 Å². The van der Waals surface area contributed by atoms with Gasteiger partial charge in [-0.15, -0.1) is 0 Å². The number of hydrogen-bond acceptors (Lipinski definition) is 5. The number of aryl methyl sites for hydroxylation is 3. The Balaban J connectivity index is 1.78. The number of carbonyl (C=O) groups is 1. The highest BCUT2D eigenvalue weighted by atomic mass is 16.4. The van der Waals surface area contributed by atoms with Crippen molar-refractivity contribution in [3.8, 4) is 0 Å². The predicted molar refractivity (Wildman–Crippen MR) is 108 cm³/mol. The Labute approximate surface area is 165 Å². The monoisotopic (exact) mass is 384 g/mol. The van der Waals surface area contributed by atoms with Gasteiger partial charge in [-0.1, -0.05) is 30.3 Å². The summed E-state index contributed by atoms with van der Waals surface area (Å²) in [5, 5.41) is 9.68. The number of hydrogen-bond donors (Lipinski definition) is 1. The molecule has 150 valence electrons. The SMILES string of the molecule is Cc1cc(CCc2ccccc2)oc(=O)c1C(=O)N1C[C@H](N(C)C)C[C@H]1CO. The fraction of sp³-hybridized carbons (Fsp3) is 0.455. The Kier molecular flexibility index (Phi) is 6.31. The lowest BCUT2D eigenvalue weighted by molar-refractivity contribution is 0.0667. The van der Waals surface area contributed by atoms with E-state index in [-0.39, 0.29) is 30.2 Å². The molecule has 6 heteroatoms. The average molecular weight is 384 g/mol. The third-order valence-electron chi connectivity index (χ3n) is 5.51. The molecule has 2 heterocycles. The van der Waals surface area contributed by atoms with E-state index < -0.39 is 5.63 Å². The van der Waals surface area contributed by atoms with Gasteiger partial charge in [0, 0.05) is 19.0 Å². The van der Waals surface area contributed by atoms with Crippen LogP contribution in [0.25, 0.3) is 0 Å². The summed E-state index contributed by atoms with van der Waals surface area (Å²) in [6, 6.07) is 11.7. The third kappa shape index (κ3) is 4.34. The van der Waals surface area contributed by atoms with Crippen molar-refractivity contribution < 1.29 is 14.3 Å². The van der Waals surface area contributed by atoms with Crippen LogP contribution in [0, 0.1) is 6.92 Å². The number of rotatable bonds is 6. The van der Waals surface area contributed by atoms with Crippen LogP contribution in [0.15, 0.2) is 45.6 Å². The maximum atomic E-state index is 13.1. The molecule has 28 heavy (non-hydrogen) atoms. The summed E-state index contributed by atoms with van der Waals surface area (Å²) in [5.41, 5.74) is 1.26. The quantitative estimate of drug-likeness (QED) is 0.823. The third-order valence-corrected chi connectivity index (χ3v) is 5.51. The van der Waals surface area contributed by atoms with E-state index in [9.17, 15) is 14.7 Å². The molecule has 0 unspecified atom stereocenters. The van der Waals surface area contributed by atoms with Gasteiger partial charge in [0.15, 0.2) is 0 Å². The average Bonchev–Trinajstić information content (AvgIpc) is 3.11. The molecule has 6 nitrogen and oxygen atoms in total. The molecule has 0 radical (unpaired) electrons. The van der Waals surface area contributed by atoms with Crippen LogP contribution in [0.4, 0.5) is 0 Å². The van der Waals surface area contributed by atoms with Gasteiger partial charge in [0.2, 0.25) is 0 Å². The van der Waals surface area contributed by atoms with Gasteiger partial charge in [-0.05, 0) is 51.1 Å². The molecule has 1 amide bonds. The number of likely N-dealkylation sites (tertiary alicyclic amines) is 1. The molecule has 3 rings (SSSR count). The van der Waals surface area contributed by atoms with Gasteiger partial charge >= 0.3 is 5.63 Å². The summed E-state index contributed by atoms with van der Waals surface area (Å²) in [6.45, 7) is 2.14. The first-order valence-corrected chi connectivity index (χ1v) is 9.66. The molecular weight excluding hydrogens is 356 g/mol. The smallest absolute Gasteiger partial charge is 0.349 e. The van der Waals surface area contributed by atoms with Crippen molar-refractivity contribution in [2.45, 2.75) is 38.3 Å². The summed E-state index contributed by atoms with van der Waals surface area (Å²) in [6.07, 6.45) is 2.05. The van der Waals surface area contributed by atoms with Crippen LogP contribution >= 0.6 is 0 Å². The molecular formula is C22H28N2O4. The topological polar surface area (TPSA) is 74.0 Å². The zero-order valence-corrected chi connectivity index (χ0v) is 16.7. The minimum absolute atomic E-state index is 0.0707. The number of benzene rings is 1. The normalized spacial score (nSPS) is 19.4. The van der Waals surface area contributed by atoms with E-state index in [0.717, 1.165) is 6.42 Å². The molecule has 1 aromatic heterocycles. The molecule has 0 spiro atoms. The van der Waals surface area contributed by atoms with Gasteiger partial charge in [-0.25, -0.2) is 4.79 Å². The van der Waals surface area contributed by atoms with Crippen molar-refractivity contribution in [3.63, 3.8) is 0 Å². The Bertz CT molecular complexity index is 876. The fourth-order valence-electron chi connectivity index (χ4n) is 3.80. The van der Waals surface area contributed by atoms with Gasteiger partial charge in [0.1, 0.15) is 11.3 Å². The van der Waals surface area contributed by atoms with Gasteiger partial charge in [-0.3, -0.25) is 4.79 Å². The number of likely N-dealkylation sites (N-methyl/N-ethyl adjacent to an activating group) is 1. The van der Waals surface area contributed by atoms with E-state index in [0.29, 0.717) is 30.7 Å². The maximum absolute atomic E-state index is 13.1. The van der Waals surface area contributed by atoms with Crippen LogP contribution in [-0.2, 0) is 12.8 Å². The van der Waals surface area contributed by atoms with E-state index in [1.54, 1.807) is 17.9 Å². The molecule has 2 atom stereocenters. The molecule has 1 N–H and O–H groups in total. The first-order chi connectivity index (χ1) is 13.4. The van der Waals surface area contributed by atoms with Crippen LogP contribution in [-0.4, -0.2) is 60.1 Å². The van der Waals surface area contributed by atoms with Crippen LogP contribution in [0.2, 0.25) is 0 Å². The number of nitrogens with zero attached hydrogens (tertiary/aromatic N) is 2. The van der Waals surface area contributed by atoms with E-state index in [1.807, 2.05) is 49.3 Å². The Morgan fingerprint density at radius 1 is 1.25 bits per heavy atom. The molecule has 1 fully saturated rings. The lowest BCUT2D eigenvalue weighted by atomic mass is 10.1. The van der Waals surface area contributed by atoms with Crippen LogP contribution in [0.1, 0.15) is 33.7 Å². The predicted octanol–water partition coefficient (Wildman–Crippen LogP) is 1.87. The largest absolute Gasteiger partial charge is 0.427 e. The summed E-state index contributed by atoms with van der Waals surface area (Å²) < 4.78 is 5.46. The molecule has 1 aliphatic heterocycles. The number of amides is 1. The Hall–Kier alpha value is -2.44. The van der Waals surface area contributed by atoms with E-state index in [4.69, 9.17) is 4.42 Å². The molecule has 1 aromatic carbocycles. The summed E-state index contributed by atoms with van der Waals surface area (Å²) in [7, 11) is 3.91. The fourth-order valence-corrected chi connectivity index (χ4v) is 3.80. The van der Waals surface area contributed by atoms with E-state index in [2.05, 4.69) is 0 Å². The summed E-state index contributed by atoms with van der Waals surface area (Å²) in [5.74, 6) is 0.221. The summed E-state index contributed by atoms with van der Waals surface area (Å²) in [4.78, 5) is 29.3. The van der Waals surface area contributed by atoms with E-state index >= 15 is 0 Å². The van der Waals surface area contributed by atoms with Crippen LogP contribution in [0.5, 0.6) is 0 Å². The molecule has 1 saturated heterocycles. The summed E-state index contributed by atoms with van der Waals surface area (Å²) >= 11 is 0. The molecule has 0 saturated carbocycles. The van der Waals surface area contributed by atoms with Crippen molar-refractivity contribution in [1.82, 2.24) is 9.80 Å². The highest BCUT2D eigenvalue weighted by Gasteiger charge is 2.37. The van der Waals surface area contributed by atoms with Gasteiger partial charge in [-0.2, -0.15) is 0 Å². The van der Waals surface area contributed by atoms with Crippen LogP contribution < -0.4 is 5.63 Å². The second kappa shape index (κ2) is 8.71. The van der Waals surface area contributed by atoms with Gasteiger partial charge in [0.25, 0.3) is 5.91 Å². The second-order valence-corrected chi connectivity index (χ2v) is 7.69. The van der Waals surface area contributed by atoms with E-state index in [1.165, 1.54) is 5.56 Å². The Morgan fingerprint density at radius 3 is 2.57 bits per heavy atom. The molecule has 2 aromatic rings. The first kappa shape index (κ1) is 20.3. The zero-order chi connectivity index (χ0) is 20.3. The first-order valence-electron chi connectivity index (χ1n) is 9.66. The molecule has 0 aliphatic carbocycles.